The first-order valence-electron chi connectivity index (χ1n) is 12.4. The van der Waals surface area contributed by atoms with E-state index in [1.807, 2.05) is 13.8 Å². The topological polar surface area (TPSA) is 65.4 Å². The lowest BCUT2D eigenvalue weighted by Crippen LogP contribution is -2.51. The van der Waals surface area contributed by atoms with Gasteiger partial charge >= 0.3 is 0 Å². The lowest BCUT2D eigenvalue weighted by molar-refractivity contribution is 0.0238. The fourth-order valence-electron chi connectivity index (χ4n) is 4.51. The van der Waals surface area contributed by atoms with E-state index in [2.05, 4.69) is 61.8 Å². The molecule has 0 aliphatic carbocycles. The summed E-state index contributed by atoms with van der Waals surface area (Å²) in [5, 5.41) is 21.1. The van der Waals surface area contributed by atoms with Crippen LogP contribution in [0.2, 0.25) is 0 Å². The molecule has 0 radical (unpaired) electrons. The van der Waals surface area contributed by atoms with Crippen molar-refractivity contribution >= 4 is 0 Å². The second-order valence-corrected chi connectivity index (χ2v) is 9.84. The van der Waals surface area contributed by atoms with Crippen molar-refractivity contribution in [2.45, 2.75) is 53.8 Å². The molecule has 1 aliphatic heterocycles. The van der Waals surface area contributed by atoms with Gasteiger partial charge in [0.15, 0.2) is 0 Å². The second-order valence-electron chi connectivity index (χ2n) is 9.84. The predicted molar refractivity (Wildman–Crippen MR) is 137 cm³/mol. The van der Waals surface area contributed by atoms with Crippen molar-refractivity contribution in [2.24, 2.45) is 0 Å². The summed E-state index contributed by atoms with van der Waals surface area (Å²) in [5.74, 6) is 1.77. The number of ether oxygens (including phenoxy) is 2. The Kier molecular flexibility index (Phi) is 9.37. The number of piperazine rings is 1. The van der Waals surface area contributed by atoms with Crippen molar-refractivity contribution in [3.63, 3.8) is 0 Å². The number of aliphatic hydroxyl groups is 2. The molecular formula is C28H42N2O4. The summed E-state index contributed by atoms with van der Waals surface area (Å²) in [6, 6.07) is 8.32. The average molecular weight is 471 g/mol. The van der Waals surface area contributed by atoms with Gasteiger partial charge in [-0.1, -0.05) is 24.3 Å². The molecule has 2 aromatic rings. The van der Waals surface area contributed by atoms with Gasteiger partial charge in [-0.05, 0) is 74.9 Å². The third kappa shape index (κ3) is 6.95. The van der Waals surface area contributed by atoms with Gasteiger partial charge in [0, 0.05) is 39.3 Å². The Labute approximate surface area is 205 Å². The molecule has 1 heterocycles. The number of β-amino-alcohol motifs (C(OH)–C–C–N with tert-alkyl or cyclic N) is 2. The van der Waals surface area contributed by atoms with Crippen LogP contribution in [-0.4, -0.2) is 84.7 Å². The standard InChI is InChI=1S/C28H42N2O4/c1-19-7-9-21(3)27(23(19)5)33-17-25(31)15-29-11-13-30(14-12-29)16-26(32)18-34-28-22(4)10-8-20(2)24(28)6/h7-10,25-26,31-32H,11-18H2,1-6H3. The highest BCUT2D eigenvalue weighted by Gasteiger charge is 2.22. The molecule has 0 spiro atoms. The van der Waals surface area contributed by atoms with Crippen LogP contribution in [0, 0.1) is 41.5 Å². The van der Waals surface area contributed by atoms with Crippen molar-refractivity contribution in [1.82, 2.24) is 9.80 Å². The van der Waals surface area contributed by atoms with Crippen LogP contribution < -0.4 is 9.47 Å². The molecule has 0 aromatic heterocycles. The molecule has 6 nitrogen and oxygen atoms in total. The van der Waals surface area contributed by atoms with Crippen LogP contribution in [0.1, 0.15) is 33.4 Å². The molecular weight excluding hydrogens is 428 g/mol. The minimum Gasteiger partial charge on any atom is -0.490 e. The van der Waals surface area contributed by atoms with Crippen LogP contribution in [0.15, 0.2) is 24.3 Å². The number of aliphatic hydroxyl groups excluding tert-OH is 2. The summed E-state index contributed by atoms with van der Waals surface area (Å²) in [4.78, 5) is 4.53. The molecule has 1 fully saturated rings. The Morgan fingerprint density at radius 2 is 0.941 bits per heavy atom. The van der Waals surface area contributed by atoms with Gasteiger partial charge in [-0.25, -0.2) is 0 Å². The van der Waals surface area contributed by atoms with Crippen LogP contribution in [0.5, 0.6) is 11.5 Å². The zero-order valence-corrected chi connectivity index (χ0v) is 21.7. The van der Waals surface area contributed by atoms with Crippen molar-refractivity contribution in [3.05, 3.63) is 57.6 Å². The van der Waals surface area contributed by atoms with Gasteiger partial charge in [0.1, 0.15) is 36.9 Å². The van der Waals surface area contributed by atoms with Crippen molar-refractivity contribution < 1.29 is 19.7 Å². The maximum absolute atomic E-state index is 10.5. The fourth-order valence-corrected chi connectivity index (χ4v) is 4.51. The molecule has 3 rings (SSSR count). The molecule has 2 unspecified atom stereocenters. The third-order valence-electron chi connectivity index (χ3n) is 6.99. The van der Waals surface area contributed by atoms with E-state index in [9.17, 15) is 10.2 Å². The first kappa shape index (κ1) is 26.5. The molecule has 0 bridgehead atoms. The van der Waals surface area contributed by atoms with Crippen molar-refractivity contribution in [3.8, 4) is 11.5 Å². The van der Waals surface area contributed by atoms with E-state index < -0.39 is 12.2 Å². The van der Waals surface area contributed by atoms with E-state index in [-0.39, 0.29) is 0 Å². The molecule has 1 aliphatic rings. The third-order valence-corrected chi connectivity index (χ3v) is 6.99. The summed E-state index contributed by atoms with van der Waals surface area (Å²) in [6.45, 7) is 17.6. The lowest BCUT2D eigenvalue weighted by atomic mass is 10.1. The minimum atomic E-state index is -0.536. The van der Waals surface area contributed by atoms with E-state index in [0.717, 1.165) is 59.9 Å². The SMILES string of the molecule is Cc1ccc(C)c(OCC(O)CN2CCN(CC(O)COc3c(C)ccc(C)c3C)CC2)c1C. The largest absolute Gasteiger partial charge is 0.490 e. The highest BCUT2D eigenvalue weighted by molar-refractivity contribution is 5.45. The summed E-state index contributed by atoms with van der Waals surface area (Å²) < 4.78 is 12.0. The first-order chi connectivity index (χ1) is 16.2. The van der Waals surface area contributed by atoms with Gasteiger partial charge in [-0.3, -0.25) is 9.80 Å². The van der Waals surface area contributed by atoms with Gasteiger partial charge in [0.05, 0.1) is 0 Å². The summed E-state index contributed by atoms with van der Waals surface area (Å²) in [7, 11) is 0. The Hall–Kier alpha value is -2.12. The molecule has 0 amide bonds. The Morgan fingerprint density at radius 3 is 1.29 bits per heavy atom. The zero-order chi connectivity index (χ0) is 24.8. The molecule has 34 heavy (non-hydrogen) atoms. The molecule has 6 heteroatoms. The van der Waals surface area contributed by atoms with E-state index in [0.29, 0.717) is 26.3 Å². The normalized spacial score (nSPS) is 16.9. The van der Waals surface area contributed by atoms with Gasteiger partial charge < -0.3 is 19.7 Å². The average Bonchev–Trinajstić information content (AvgIpc) is 2.80. The predicted octanol–water partition coefficient (Wildman–Crippen LogP) is 3.33. The molecule has 1 saturated heterocycles. The van der Waals surface area contributed by atoms with Gasteiger partial charge in [-0.2, -0.15) is 0 Å². The lowest BCUT2D eigenvalue weighted by Gasteiger charge is -2.36. The van der Waals surface area contributed by atoms with E-state index >= 15 is 0 Å². The molecule has 2 N–H and O–H groups in total. The first-order valence-corrected chi connectivity index (χ1v) is 12.4. The van der Waals surface area contributed by atoms with E-state index in [4.69, 9.17) is 9.47 Å². The molecule has 2 aromatic carbocycles. The van der Waals surface area contributed by atoms with Crippen molar-refractivity contribution in [1.29, 1.82) is 0 Å². The number of benzene rings is 2. The fraction of sp³-hybridized carbons (Fsp3) is 0.571. The van der Waals surface area contributed by atoms with Gasteiger partial charge in [-0.15, -0.1) is 0 Å². The van der Waals surface area contributed by atoms with Gasteiger partial charge in [0.25, 0.3) is 0 Å². The maximum atomic E-state index is 10.5. The molecule has 188 valence electrons. The van der Waals surface area contributed by atoms with E-state index in [1.54, 1.807) is 0 Å². The minimum absolute atomic E-state index is 0.291. The highest BCUT2D eigenvalue weighted by Crippen LogP contribution is 2.27. The number of aryl methyl sites for hydroxylation is 4. The number of hydrogen-bond donors (Lipinski definition) is 2. The van der Waals surface area contributed by atoms with Crippen LogP contribution in [0.3, 0.4) is 0 Å². The number of hydrogen-bond acceptors (Lipinski definition) is 6. The quantitative estimate of drug-likeness (QED) is 0.555. The molecule has 2 atom stereocenters. The van der Waals surface area contributed by atoms with Crippen LogP contribution >= 0.6 is 0 Å². The maximum Gasteiger partial charge on any atom is 0.125 e. The van der Waals surface area contributed by atoms with Crippen molar-refractivity contribution in [2.75, 3.05) is 52.5 Å². The summed E-state index contributed by atoms with van der Waals surface area (Å²) >= 11 is 0. The summed E-state index contributed by atoms with van der Waals surface area (Å²) in [5.41, 5.74) is 6.86. The number of nitrogens with zero attached hydrogens (tertiary/aromatic N) is 2. The zero-order valence-electron chi connectivity index (χ0n) is 21.7. The summed E-state index contributed by atoms with van der Waals surface area (Å²) in [6.07, 6.45) is -1.07. The Bertz CT molecular complexity index is 876. The smallest absolute Gasteiger partial charge is 0.125 e. The molecule has 0 saturated carbocycles. The van der Waals surface area contributed by atoms with Crippen LogP contribution in [0.4, 0.5) is 0 Å². The highest BCUT2D eigenvalue weighted by atomic mass is 16.5. The second kappa shape index (κ2) is 12.0. The van der Waals surface area contributed by atoms with E-state index in [1.165, 1.54) is 11.1 Å². The Morgan fingerprint density at radius 1 is 0.618 bits per heavy atom. The Balaban J connectivity index is 1.38. The van der Waals surface area contributed by atoms with Gasteiger partial charge in [0.2, 0.25) is 0 Å². The monoisotopic (exact) mass is 470 g/mol. The van der Waals surface area contributed by atoms with Crippen LogP contribution in [-0.2, 0) is 0 Å². The number of rotatable bonds is 10. The van der Waals surface area contributed by atoms with Crippen LogP contribution in [0.25, 0.3) is 0 Å².